The summed E-state index contributed by atoms with van der Waals surface area (Å²) in [4.78, 5) is 23.5. The Hall–Kier alpha value is -2.72. The first kappa shape index (κ1) is 23.4. The molecule has 33 heavy (non-hydrogen) atoms. The summed E-state index contributed by atoms with van der Waals surface area (Å²) in [6.45, 7) is 3.02. The maximum Gasteiger partial charge on any atom is 0.251 e. The van der Waals surface area contributed by atoms with Crippen molar-refractivity contribution in [3.63, 3.8) is 0 Å². The average Bonchev–Trinajstić information content (AvgIpc) is 3.18. The van der Waals surface area contributed by atoms with Crippen molar-refractivity contribution in [1.29, 1.82) is 0 Å². The second-order valence-corrected chi connectivity index (χ2v) is 8.74. The Morgan fingerprint density at radius 2 is 1.85 bits per heavy atom. The zero-order valence-corrected chi connectivity index (χ0v) is 19.2. The third-order valence-corrected chi connectivity index (χ3v) is 6.46. The fraction of sp³-hybridized carbons (Fsp3) is 0.500. The van der Waals surface area contributed by atoms with Gasteiger partial charge in [-0.3, -0.25) is 9.69 Å². The SMILES string of the molecule is CN(C)c1ccc(C(=O)NC[C@H]2O[C@@H](CO)[C@@H](O)[C@H]2N2CCN(c3ccccn3)CC2)cc1. The van der Waals surface area contributed by atoms with Gasteiger partial charge in [-0.2, -0.15) is 0 Å². The lowest BCUT2D eigenvalue weighted by Crippen LogP contribution is -2.57. The Bertz CT molecular complexity index is 903. The first-order valence-electron chi connectivity index (χ1n) is 11.4. The number of ether oxygens (including phenoxy) is 1. The van der Waals surface area contributed by atoms with Crippen LogP contribution in [0.1, 0.15) is 10.4 Å². The highest BCUT2D eigenvalue weighted by Crippen LogP contribution is 2.27. The van der Waals surface area contributed by atoms with Gasteiger partial charge in [0.1, 0.15) is 18.0 Å². The molecular weight excluding hydrogens is 422 g/mol. The molecule has 1 aromatic carbocycles. The second-order valence-electron chi connectivity index (χ2n) is 8.74. The largest absolute Gasteiger partial charge is 0.394 e. The van der Waals surface area contributed by atoms with Gasteiger partial charge in [0.25, 0.3) is 5.91 Å². The number of aliphatic hydroxyl groups excluding tert-OH is 2. The molecule has 2 aliphatic rings. The summed E-state index contributed by atoms with van der Waals surface area (Å²) < 4.78 is 5.95. The van der Waals surface area contributed by atoms with Crippen LogP contribution in [-0.4, -0.2) is 104 Å². The van der Waals surface area contributed by atoms with Gasteiger partial charge in [-0.1, -0.05) is 6.07 Å². The number of aromatic nitrogens is 1. The lowest BCUT2D eigenvalue weighted by molar-refractivity contribution is -0.0209. The lowest BCUT2D eigenvalue weighted by Gasteiger charge is -2.40. The standard InChI is InChI=1S/C24H33N5O4/c1-27(2)18-8-6-17(7-9-18)24(32)26-15-19-22(23(31)20(16-30)33-19)29-13-11-28(12-14-29)21-5-3-4-10-25-21/h3-10,19-20,22-23,30-31H,11-16H2,1-2H3,(H,26,32)/t19-,20+,22+,23-/m1/s1. The molecule has 1 amide bonds. The van der Waals surface area contributed by atoms with Gasteiger partial charge in [-0.25, -0.2) is 4.98 Å². The first-order valence-corrected chi connectivity index (χ1v) is 11.4. The number of carbonyl (C=O) groups is 1. The number of amides is 1. The minimum Gasteiger partial charge on any atom is -0.394 e. The van der Waals surface area contributed by atoms with E-state index in [1.54, 1.807) is 18.3 Å². The second kappa shape index (κ2) is 10.5. The molecule has 9 nitrogen and oxygen atoms in total. The van der Waals surface area contributed by atoms with Crippen molar-refractivity contribution in [3.05, 3.63) is 54.2 Å². The summed E-state index contributed by atoms with van der Waals surface area (Å²) in [7, 11) is 3.90. The van der Waals surface area contributed by atoms with E-state index in [0.717, 1.165) is 37.7 Å². The van der Waals surface area contributed by atoms with Gasteiger partial charge in [0.2, 0.25) is 0 Å². The monoisotopic (exact) mass is 455 g/mol. The van der Waals surface area contributed by atoms with E-state index in [4.69, 9.17) is 4.74 Å². The van der Waals surface area contributed by atoms with Crippen LogP contribution >= 0.6 is 0 Å². The smallest absolute Gasteiger partial charge is 0.251 e. The molecule has 4 rings (SSSR count). The van der Waals surface area contributed by atoms with Crippen molar-refractivity contribution in [1.82, 2.24) is 15.2 Å². The zero-order chi connectivity index (χ0) is 23.4. The summed E-state index contributed by atoms with van der Waals surface area (Å²) in [5, 5.41) is 23.5. The highest BCUT2D eigenvalue weighted by atomic mass is 16.5. The van der Waals surface area contributed by atoms with Gasteiger partial charge in [0.15, 0.2) is 0 Å². The molecule has 0 saturated carbocycles. The zero-order valence-electron chi connectivity index (χ0n) is 19.2. The predicted octanol–water partition coefficient (Wildman–Crippen LogP) is 0.189. The van der Waals surface area contributed by atoms with E-state index < -0.39 is 18.3 Å². The van der Waals surface area contributed by atoms with Crippen LogP contribution in [0.25, 0.3) is 0 Å². The van der Waals surface area contributed by atoms with Crippen LogP contribution in [0.15, 0.2) is 48.7 Å². The van der Waals surface area contributed by atoms with Crippen molar-refractivity contribution in [2.75, 3.05) is 63.2 Å². The molecule has 0 aliphatic carbocycles. The van der Waals surface area contributed by atoms with E-state index in [1.165, 1.54) is 0 Å². The molecule has 3 N–H and O–H groups in total. The molecular formula is C24H33N5O4. The van der Waals surface area contributed by atoms with Crippen molar-refractivity contribution < 1.29 is 19.7 Å². The quantitative estimate of drug-likeness (QED) is 0.544. The molecule has 0 spiro atoms. The molecule has 4 atom stereocenters. The van der Waals surface area contributed by atoms with Gasteiger partial charge in [0, 0.05) is 64.3 Å². The highest BCUT2D eigenvalue weighted by molar-refractivity contribution is 5.94. The van der Waals surface area contributed by atoms with E-state index in [9.17, 15) is 15.0 Å². The van der Waals surface area contributed by atoms with Gasteiger partial charge in [0.05, 0.1) is 18.8 Å². The van der Waals surface area contributed by atoms with E-state index in [2.05, 4.69) is 20.1 Å². The molecule has 178 valence electrons. The number of benzene rings is 1. The Morgan fingerprint density at radius 1 is 1.12 bits per heavy atom. The summed E-state index contributed by atoms with van der Waals surface area (Å²) in [6, 6.07) is 12.9. The summed E-state index contributed by atoms with van der Waals surface area (Å²) in [6.07, 6.45) is -0.110. The van der Waals surface area contributed by atoms with E-state index in [0.29, 0.717) is 5.56 Å². The summed E-state index contributed by atoms with van der Waals surface area (Å²) in [5.41, 5.74) is 1.59. The summed E-state index contributed by atoms with van der Waals surface area (Å²) >= 11 is 0. The van der Waals surface area contributed by atoms with Crippen molar-refractivity contribution in [2.24, 2.45) is 0 Å². The van der Waals surface area contributed by atoms with Gasteiger partial charge in [-0.05, 0) is 36.4 Å². The van der Waals surface area contributed by atoms with Crippen LogP contribution in [0.3, 0.4) is 0 Å². The molecule has 0 bridgehead atoms. The van der Waals surface area contributed by atoms with Crippen LogP contribution in [0.2, 0.25) is 0 Å². The maximum atomic E-state index is 12.7. The molecule has 2 saturated heterocycles. The molecule has 2 aliphatic heterocycles. The fourth-order valence-electron chi connectivity index (χ4n) is 4.59. The molecule has 0 radical (unpaired) electrons. The molecule has 2 fully saturated rings. The Kier molecular flexibility index (Phi) is 7.44. The molecule has 2 aromatic rings. The lowest BCUT2D eigenvalue weighted by atomic mass is 10.0. The fourth-order valence-corrected chi connectivity index (χ4v) is 4.59. The van der Waals surface area contributed by atoms with Crippen LogP contribution in [0.4, 0.5) is 11.5 Å². The van der Waals surface area contributed by atoms with Crippen LogP contribution in [0.5, 0.6) is 0 Å². The number of aliphatic hydroxyl groups is 2. The normalized spacial score (nSPS) is 25.8. The molecule has 9 heteroatoms. The molecule has 3 heterocycles. The van der Waals surface area contributed by atoms with Crippen molar-refractivity contribution in [2.45, 2.75) is 24.4 Å². The predicted molar refractivity (Wildman–Crippen MR) is 127 cm³/mol. The van der Waals surface area contributed by atoms with Crippen LogP contribution in [-0.2, 0) is 4.74 Å². The highest BCUT2D eigenvalue weighted by Gasteiger charge is 2.46. The third-order valence-electron chi connectivity index (χ3n) is 6.46. The van der Waals surface area contributed by atoms with Gasteiger partial charge >= 0.3 is 0 Å². The minimum atomic E-state index is -0.822. The average molecular weight is 456 g/mol. The number of nitrogens with one attached hydrogen (secondary N) is 1. The van der Waals surface area contributed by atoms with Gasteiger partial charge < -0.3 is 30.1 Å². The van der Waals surface area contributed by atoms with Crippen LogP contribution in [0, 0.1) is 0 Å². The Balaban J connectivity index is 1.37. The van der Waals surface area contributed by atoms with E-state index in [-0.39, 0.29) is 25.1 Å². The first-order chi connectivity index (χ1) is 16.0. The number of nitrogens with zero attached hydrogens (tertiary/aromatic N) is 4. The number of anilines is 2. The van der Waals surface area contributed by atoms with Crippen molar-refractivity contribution >= 4 is 17.4 Å². The Labute approximate surface area is 194 Å². The molecule has 1 aromatic heterocycles. The van der Waals surface area contributed by atoms with E-state index in [1.807, 2.05) is 49.3 Å². The van der Waals surface area contributed by atoms with E-state index >= 15 is 0 Å². The molecule has 0 unspecified atom stereocenters. The van der Waals surface area contributed by atoms with Crippen LogP contribution < -0.4 is 15.1 Å². The number of hydrogen-bond acceptors (Lipinski definition) is 8. The minimum absolute atomic E-state index is 0.190. The number of rotatable bonds is 7. The number of carbonyl (C=O) groups excluding carboxylic acids is 1. The van der Waals surface area contributed by atoms with Gasteiger partial charge in [-0.15, -0.1) is 0 Å². The maximum absolute atomic E-state index is 12.7. The third kappa shape index (κ3) is 5.27. The summed E-state index contributed by atoms with van der Waals surface area (Å²) in [5.74, 6) is 0.752. The number of hydrogen-bond donors (Lipinski definition) is 3. The topological polar surface area (TPSA) is 101 Å². The van der Waals surface area contributed by atoms with Crippen molar-refractivity contribution in [3.8, 4) is 0 Å². The Morgan fingerprint density at radius 3 is 2.45 bits per heavy atom. The number of piperazine rings is 1. The number of pyridine rings is 1.